The van der Waals surface area contributed by atoms with Crippen molar-refractivity contribution in [3.63, 3.8) is 0 Å². The summed E-state index contributed by atoms with van der Waals surface area (Å²) in [7, 11) is 0. The molecule has 1 aliphatic carbocycles. The molecule has 0 unspecified atom stereocenters. The quantitative estimate of drug-likeness (QED) is 0.672. The number of carbonyl (C=O) groups is 2. The van der Waals surface area contributed by atoms with E-state index in [1.165, 1.54) is 0 Å². The van der Waals surface area contributed by atoms with Crippen LogP contribution in [0.1, 0.15) is 48.7 Å². The maximum atomic E-state index is 12.1. The molecule has 0 atom stereocenters. The number of aryl methyl sites for hydroxylation is 1. The highest BCUT2D eigenvalue weighted by Gasteiger charge is 2.25. The number of anilines is 1. The predicted octanol–water partition coefficient (Wildman–Crippen LogP) is 4.33. The van der Waals surface area contributed by atoms with E-state index in [2.05, 4.69) is 20.3 Å². The van der Waals surface area contributed by atoms with Crippen molar-refractivity contribution in [2.24, 2.45) is 5.92 Å². The van der Waals surface area contributed by atoms with Crippen LogP contribution in [0.15, 0.2) is 36.8 Å². The molecule has 0 spiro atoms. The Hall–Kier alpha value is -3.15. The van der Waals surface area contributed by atoms with Gasteiger partial charge in [-0.2, -0.15) is 0 Å². The number of rotatable bonds is 5. The normalized spacial score (nSPS) is 13.9. The average molecular weight is 374 g/mol. The molecule has 28 heavy (non-hydrogen) atoms. The molecule has 142 valence electrons. The molecule has 0 saturated heterocycles. The summed E-state index contributed by atoms with van der Waals surface area (Å²) < 4.78 is 0. The lowest BCUT2D eigenvalue weighted by molar-refractivity contribution is -0.122. The van der Waals surface area contributed by atoms with E-state index >= 15 is 0 Å². The highest BCUT2D eigenvalue weighted by molar-refractivity contribution is 5.96. The van der Waals surface area contributed by atoms with E-state index in [1.807, 2.05) is 32.0 Å². The molecule has 0 bridgehead atoms. The lowest BCUT2D eigenvalue weighted by Crippen LogP contribution is -2.28. The Morgan fingerprint density at radius 2 is 1.79 bits per heavy atom. The highest BCUT2D eigenvalue weighted by atomic mass is 16.2. The fourth-order valence-electron chi connectivity index (χ4n) is 3.31. The van der Waals surface area contributed by atoms with Crippen LogP contribution in [0.2, 0.25) is 0 Å². The van der Waals surface area contributed by atoms with Gasteiger partial charge in [0, 0.05) is 47.3 Å². The van der Waals surface area contributed by atoms with Gasteiger partial charge < -0.3 is 5.32 Å². The molecule has 3 aromatic rings. The van der Waals surface area contributed by atoms with Crippen molar-refractivity contribution in [1.29, 1.82) is 0 Å². The van der Waals surface area contributed by atoms with E-state index in [1.54, 1.807) is 18.6 Å². The van der Waals surface area contributed by atoms with Crippen molar-refractivity contribution >= 4 is 28.3 Å². The van der Waals surface area contributed by atoms with Gasteiger partial charge in [0.15, 0.2) is 5.78 Å². The monoisotopic (exact) mass is 374 g/mol. The molecule has 1 aliphatic rings. The number of ketones is 1. The zero-order chi connectivity index (χ0) is 19.7. The molecule has 1 fully saturated rings. The summed E-state index contributed by atoms with van der Waals surface area (Å²) in [5, 5.41) is 4.73. The van der Waals surface area contributed by atoms with Crippen LogP contribution in [0.25, 0.3) is 22.0 Å². The lowest BCUT2D eigenvalue weighted by Gasteiger charge is -2.23. The van der Waals surface area contributed by atoms with Crippen molar-refractivity contribution in [3.05, 3.63) is 48.0 Å². The maximum absolute atomic E-state index is 12.1. The van der Waals surface area contributed by atoms with Crippen molar-refractivity contribution in [2.75, 3.05) is 5.32 Å². The van der Waals surface area contributed by atoms with Gasteiger partial charge in [0.05, 0.1) is 5.69 Å². The zero-order valence-corrected chi connectivity index (χ0v) is 16.0. The molecule has 6 heteroatoms. The third-order valence-electron chi connectivity index (χ3n) is 5.32. The first kappa shape index (κ1) is 18.2. The lowest BCUT2D eigenvalue weighted by atomic mass is 9.85. The van der Waals surface area contributed by atoms with E-state index < -0.39 is 0 Å². The fourth-order valence-corrected chi connectivity index (χ4v) is 3.31. The van der Waals surface area contributed by atoms with Crippen LogP contribution < -0.4 is 5.32 Å². The number of fused-ring (bicyclic) bond motifs is 1. The number of pyridine rings is 3. The van der Waals surface area contributed by atoms with Crippen molar-refractivity contribution in [1.82, 2.24) is 15.0 Å². The first-order chi connectivity index (χ1) is 13.5. The molecular weight excluding hydrogens is 352 g/mol. The Bertz CT molecular complexity index is 1070. The second kappa shape index (κ2) is 7.46. The molecule has 6 nitrogen and oxygen atoms in total. The van der Waals surface area contributed by atoms with Crippen LogP contribution >= 0.6 is 0 Å². The van der Waals surface area contributed by atoms with E-state index in [9.17, 15) is 9.59 Å². The number of nitrogens with one attached hydrogen (secondary N) is 1. The maximum Gasteiger partial charge on any atom is 0.228 e. The third kappa shape index (κ3) is 3.50. The Balaban J connectivity index is 1.60. The topological polar surface area (TPSA) is 84.8 Å². The van der Waals surface area contributed by atoms with Gasteiger partial charge in [0.2, 0.25) is 5.91 Å². The van der Waals surface area contributed by atoms with Crippen LogP contribution in [0, 0.1) is 12.8 Å². The number of amides is 1. The Kier molecular flexibility index (Phi) is 4.86. The van der Waals surface area contributed by atoms with Crippen molar-refractivity contribution in [3.8, 4) is 11.3 Å². The number of nitrogens with zero attached hydrogens (tertiary/aromatic N) is 3. The SMILES string of the molecule is CCC(=O)c1cc(C)c(-c2cc3cnc(NC(=O)C4CCC4)cc3cn2)cn1. The summed E-state index contributed by atoms with van der Waals surface area (Å²) in [5.74, 6) is 0.753. The molecule has 0 aliphatic heterocycles. The fraction of sp³-hybridized carbons (Fsp3) is 0.318. The van der Waals surface area contributed by atoms with Gasteiger partial charge in [0.25, 0.3) is 0 Å². The van der Waals surface area contributed by atoms with Gasteiger partial charge in [-0.3, -0.25) is 19.6 Å². The molecule has 3 heterocycles. The molecule has 0 aromatic carbocycles. The summed E-state index contributed by atoms with van der Waals surface area (Å²) in [6.45, 7) is 3.78. The van der Waals surface area contributed by atoms with Crippen LogP contribution in [-0.2, 0) is 4.79 Å². The predicted molar refractivity (Wildman–Crippen MR) is 108 cm³/mol. The minimum absolute atomic E-state index is 0.0294. The highest BCUT2D eigenvalue weighted by Crippen LogP contribution is 2.28. The van der Waals surface area contributed by atoms with E-state index in [0.29, 0.717) is 17.9 Å². The van der Waals surface area contributed by atoms with Gasteiger partial charge in [-0.05, 0) is 43.5 Å². The van der Waals surface area contributed by atoms with Gasteiger partial charge in [-0.15, -0.1) is 0 Å². The molecule has 1 N–H and O–H groups in total. The number of aromatic nitrogens is 3. The summed E-state index contributed by atoms with van der Waals surface area (Å²) in [6, 6.07) is 5.60. The Morgan fingerprint density at radius 3 is 2.46 bits per heavy atom. The summed E-state index contributed by atoms with van der Waals surface area (Å²) in [4.78, 5) is 37.2. The van der Waals surface area contributed by atoms with E-state index in [0.717, 1.165) is 46.9 Å². The largest absolute Gasteiger partial charge is 0.310 e. The molecule has 1 amide bonds. The van der Waals surface area contributed by atoms with Gasteiger partial charge >= 0.3 is 0 Å². The van der Waals surface area contributed by atoms with Crippen LogP contribution in [0.4, 0.5) is 5.82 Å². The Morgan fingerprint density at radius 1 is 1.04 bits per heavy atom. The molecule has 4 rings (SSSR count). The van der Waals surface area contributed by atoms with Crippen LogP contribution in [0.5, 0.6) is 0 Å². The standard InChI is InChI=1S/C22H22N4O2/c1-3-20(27)19-7-13(2)17(12-24-19)18-8-15-11-25-21(9-16(15)10-23-18)26-22(28)14-5-4-6-14/h7-12,14H,3-6H2,1-2H3,(H,25,26,28). The molecule has 3 aromatic heterocycles. The first-order valence-corrected chi connectivity index (χ1v) is 9.62. The van der Waals surface area contributed by atoms with Crippen molar-refractivity contribution < 1.29 is 9.59 Å². The second-order valence-corrected chi connectivity index (χ2v) is 7.26. The Labute approximate surface area is 163 Å². The number of hydrogen-bond donors (Lipinski definition) is 1. The molecular formula is C22H22N4O2. The smallest absolute Gasteiger partial charge is 0.228 e. The molecule has 0 radical (unpaired) electrons. The number of carbonyl (C=O) groups excluding carboxylic acids is 2. The van der Waals surface area contributed by atoms with Crippen LogP contribution in [0.3, 0.4) is 0 Å². The van der Waals surface area contributed by atoms with E-state index in [-0.39, 0.29) is 17.6 Å². The number of hydrogen-bond acceptors (Lipinski definition) is 5. The van der Waals surface area contributed by atoms with E-state index in [4.69, 9.17) is 0 Å². The van der Waals surface area contributed by atoms with Gasteiger partial charge in [0.1, 0.15) is 11.5 Å². The minimum Gasteiger partial charge on any atom is -0.310 e. The minimum atomic E-state index is 0.0294. The summed E-state index contributed by atoms with van der Waals surface area (Å²) >= 11 is 0. The summed E-state index contributed by atoms with van der Waals surface area (Å²) in [5.41, 5.74) is 3.10. The van der Waals surface area contributed by atoms with Crippen LogP contribution in [-0.4, -0.2) is 26.6 Å². The zero-order valence-electron chi connectivity index (χ0n) is 16.0. The first-order valence-electron chi connectivity index (χ1n) is 9.62. The van der Waals surface area contributed by atoms with Crippen molar-refractivity contribution in [2.45, 2.75) is 39.5 Å². The average Bonchev–Trinajstić information content (AvgIpc) is 2.65. The molecule has 1 saturated carbocycles. The summed E-state index contributed by atoms with van der Waals surface area (Å²) in [6.07, 6.45) is 8.70. The number of Topliss-reactive ketones (excluding diaryl/α,β-unsaturated/α-hetero) is 1. The third-order valence-corrected chi connectivity index (χ3v) is 5.32. The second-order valence-electron chi connectivity index (χ2n) is 7.26. The van der Waals surface area contributed by atoms with Gasteiger partial charge in [-0.25, -0.2) is 4.98 Å². The van der Waals surface area contributed by atoms with Gasteiger partial charge in [-0.1, -0.05) is 13.3 Å².